The molecule has 1 atom stereocenters. The number of hydrogen-bond donors (Lipinski definition) is 2. The maximum absolute atomic E-state index is 12.3. The minimum Gasteiger partial charge on any atom is -0.324 e. The molecule has 0 aliphatic heterocycles. The van der Waals surface area contributed by atoms with Crippen molar-refractivity contribution in [1.29, 1.82) is 0 Å². The van der Waals surface area contributed by atoms with Crippen molar-refractivity contribution < 1.29 is 8.42 Å². The van der Waals surface area contributed by atoms with E-state index in [0.717, 1.165) is 15.6 Å². The molecule has 21 heavy (non-hydrogen) atoms. The standard InChI is InChI=1S/C14H16BrN3O2S/c1-9-7-14(17-8-13(9)15)18-21(19,20)12-5-3-11(4-6-12)10(2)16/h3-8,10H,16H2,1-2H3,(H,17,18). The lowest BCUT2D eigenvalue weighted by Crippen LogP contribution is -2.14. The van der Waals surface area contributed by atoms with Crippen LogP contribution in [-0.2, 0) is 10.0 Å². The molecule has 0 fully saturated rings. The molecule has 1 aromatic heterocycles. The number of benzene rings is 1. The summed E-state index contributed by atoms with van der Waals surface area (Å²) in [6.45, 7) is 3.71. The van der Waals surface area contributed by atoms with E-state index in [-0.39, 0.29) is 16.8 Å². The highest BCUT2D eigenvalue weighted by atomic mass is 79.9. The van der Waals surface area contributed by atoms with Crippen LogP contribution in [0.15, 0.2) is 45.9 Å². The van der Waals surface area contributed by atoms with Gasteiger partial charge in [-0.05, 0) is 59.1 Å². The van der Waals surface area contributed by atoms with E-state index >= 15 is 0 Å². The van der Waals surface area contributed by atoms with Crippen LogP contribution in [0.25, 0.3) is 0 Å². The zero-order chi connectivity index (χ0) is 15.6. The molecule has 7 heteroatoms. The van der Waals surface area contributed by atoms with Crippen LogP contribution in [0.5, 0.6) is 0 Å². The van der Waals surface area contributed by atoms with Gasteiger partial charge >= 0.3 is 0 Å². The summed E-state index contributed by atoms with van der Waals surface area (Å²) in [7, 11) is -3.65. The normalized spacial score (nSPS) is 13.0. The molecule has 2 aromatic rings. The van der Waals surface area contributed by atoms with E-state index < -0.39 is 10.0 Å². The van der Waals surface area contributed by atoms with Gasteiger partial charge in [-0.15, -0.1) is 0 Å². The molecule has 1 heterocycles. The number of aromatic nitrogens is 1. The summed E-state index contributed by atoms with van der Waals surface area (Å²) in [6.07, 6.45) is 1.56. The van der Waals surface area contributed by atoms with Gasteiger partial charge in [0.05, 0.1) is 4.90 Å². The Labute approximate surface area is 132 Å². The second-order valence-electron chi connectivity index (χ2n) is 4.78. The molecule has 1 unspecified atom stereocenters. The summed E-state index contributed by atoms with van der Waals surface area (Å²) < 4.78 is 27.9. The maximum Gasteiger partial charge on any atom is 0.263 e. The number of hydrogen-bond acceptors (Lipinski definition) is 4. The van der Waals surface area contributed by atoms with Crippen molar-refractivity contribution in [2.24, 2.45) is 5.73 Å². The molecule has 0 bridgehead atoms. The first-order chi connectivity index (χ1) is 9.79. The number of anilines is 1. The monoisotopic (exact) mass is 369 g/mol. The number of halogens is 1. The smallest absolute Gasteiger partial charge is 0.263 e. The average Bonchev–Trinajstić information content (AvgIpc) is 2.43. The molecule has 0 aliphatic carbocycles. The van der Waals surface area contributed by atoms with Crippen LogP contribution >= 0.6 is 15.9 Å². The van der Waals surface area contributed by atoms with E-state index in [1.165, 1.54) is 12.1 Å². The van der Waals surface area contributed by atoms with Crippen molar-refractivity contribution in [1.82, 2.24) is 4.98 Å². The number of nitrogens with two attached hydrogens (primary N) is 1. The third-order valence-electron chi connectivity index (χ3n) is 3.00. The quantitative estimate of drug-likeness (QED) is 0.867. The fourth-order valence-corrected chi connectivity index (χ4v) is 2.96. The lowest BCUT2D eigenvalue weighted by molar-refractivity contribution is 0.601. The molecular weight excluding hydrogens is 354 g/mol. The van der Waals surface area contributed by atoms with Crippen LogP contribution < -0.4 is 10.5 Å². The van der Waals surface area contributed by atoms with E-state index in [2.05, 4.69) is 25.6 Å². The van der Waals surface area contributed by atoms with Gasteiger partial charge in [-0.3, -0.25) is 4.72 Å². The minimum atomic E-state index is -3.65. The molecule has 5 nitrogen and oxygen atoms in total. The Kier molecular flexibility index (Phi) is 4.65. The highest BCUT2D eigenvalue weighted by Gasteiger charge is 2.15. The van der Waals surface area contributed by atoms with Gasteiger partial charge in [-0.2, -0.15) is 0 Å². The van der Waals surface area contributed by atoms with Crippen molar-refractivity contribution in [3.8, 4) is 0 Å². The van der Waals surface area contributed by atoms with E-state index in [4.69, 9.17) is 5.73 Å². The minimum absolute atomic E-state index is 0.134. The van der Waals surface area contributed by atoms with E-state index in [1.807, 2.05) is 13.8 Å². The summed E-state index contributed by atoms with van der Waals surface area (Å²) in [4.78, 5) is 4.21. The molecule has 2 rings (SSSR count). The van der Waals surface area contributed by atoms with Crippen molar-refractivity contribution in [2.75, 3.05) is 4.72 Å². The van der Waals surface area contributed by atoms with Gasteiger partial charge < -0.3 is 5.73 Å². The fraction of sp³-hybridized carbons (Fsp3) is 0.214. The van der Waals surface area contributed by atoms with Gasteiger partial charge in [0.2, 0.25) is 0 Å². The highest BCUT2D eigenvalue weighted by molar-refractivity contribution is 9.10. The van der Waals surface area contributed by atoms with Gasteiger partial charge in [0.15, 0.2) is 0 Å². The highest BCUT2D eigenvalue weighted by Crippen LogP contribution is 2.20. The summed E-state index contributed by atoms with van der Waals surface area (Å²) in [5.74, 6) is 0.284. The second kappa shape index (κ2) is 6.13. The maximum atomic E-state index is 12.3. The number of aryl methyl sites for hydroxylation is 1. The van der Waals surface area contributed by atoms with Gasteiger partial charge in [0.1, 0.15) is 5.82 Å². The molecule has 112 valence electrons. The Morgan fingerprint density at radius 3 is 2.43 bits per heavy atom. The molecular formula is C14H16BrN3O2S. The molecule has 0 radical (unpaired) electrons. The van der Waals surface area contributed by atoms with Crippen LogP contribution in [0.1, 0.15) is 24.1 Å². The summed E-state index contributed by atoms with van der Waals surface area (Å²) in [5.41, 5.74) is 7.53. The van der Waals surface area contributed by atoms with Gasteiger partial charge in [-0.1, -0.05) is 12.1 Å². The lowest BCUT2D eigenvalue weighted by atomic mass is 10.1. The van der Waals surface area contributed by atoms with Crippen LogP contribution in [0.4, 0.5) is 5.82 Å². The zero-order valence-electron chi connectivity index (χ0n) is 11.7. The summed E-state index contributed by atoms with van der Waals surface area (Å²) >= 11 is 3.32. The number of pyridine rings is 1. The Morgan fingerprint density at radius 2 is 1.90 bits per heavy atom. The Balaban J connectivity index is 2.27. The Hall–Kier alpha value is -1.44. The average molecular weight is 370 g/mol. The lowest BCUT2D eigenvalue weighted by Gasteiger charge is -2.10. The fourth-order valence-electron chi connectivity index (χ4n) is 1.74. The molecule has 1 aromatic carbocycles. The number of nitrogens with one attached hydrogen (secondary N) is 1. The van der Waals surface area contributed by atoms with Crippen LogP contribution in [0.2, 0.25) is 0 Å². The number of nitrogens with zero attached hydrogens (tertiary/aromatic N) is 1. The van der Waals surface area contributed by atoms with Gasteiger partial charge in [-0.25, -0.2) is 13.4 Å². The van der Waals surface area contributed by atoms with Crippen LogP contribution in [-0.4, -0.2) is 13.4 Å². The second-order valence-corrected chi connectivity index (χ2v) is 7.32. The first kappa shape index (κ1) is 15.9. The summed E-state index contributed by atoms with van der Waals surface area (Å²) in [6, 6.07) is 8.02. The third kappa shape index (κ3) is 3.81. The van der Waals surface area contributed by atoms with Gasteiger partial charge in [0, 0.05) is 16.7 Å². The molecule has 0 saturated heterocycles. The Bertz CT molecular complexity index is 743. The molecule has 3 N–H and O–H groups in total. The topological polar surface area (TPSA) is 85.1 Å². The van der Waals surface area contributed by atoms with Crippen LogP contribution in [0.3, 0.4) is 0 Å². The third-order valence-corrected chi connectivity index (χ3v) is 5.20. The summed E-state index contributed by atoms with van der Waals surface area (Å²) in [5, 5.41) is 0. The first-order valence-electron chi connectivity index (χ1n) is 6.30. The van der Waals surface area contributed by atoms with E-state index in [0.29, 0.717) is 0 Å². The molecule has 0 spiro atoms. The Morgan fingerprint density at radius 1 is 1.29 bits per heavy atom. The van der Waals surface area contributed by atoms with Crippen molar-refractivity contribution >= 4 is 31.8 Å². The van der Waals surface area contributed by atoms with E-state index in [1.54, 1.807) is 24.4 Å². The molecule has 0 amide bonds. The van der Waals surface area contributed by atoms with Gasteiger partial charge in [0.25, 0.3) is 10.0 Å². The molecule has 0 aliphatic rings. The van der Waals surface area contributed by atoms with Crippen LogP contribution in [0, 0.1) is 6.92 Å². The zero-order valence-corrected chi connectivity index (χ0v) is 14.1. The van der Waals surface area contributed by atoms with Crippen molar-refractivity contribution in [3.05, 3.63) is 52.1 Å². The number of rotatable bonds is 4. The van der Waals surface area contributed by atoms with Crippen molar-refractivity contribution in [2.45, 2.75) is 24.8 Å². The number of sulfonamides is 1. The molecule has 0 saturated carbocycles. The predicted octanol–water partition coefficient (Wildman–Crippen LogP) is 2.97. The largest absolute Gasteiger partial charge is 0.324 e. The van der Waals surface area contributed by atoms with Crippen molar-refractivity contribution in [3.63, 3.8) is 0 Å². The predicted molar refractivity (Wildman–Crippen MR) is 86.5 cm³/mol. The van der Waals surface area contributed by atoms with E-state index in [9.17, 15) is 8.42 Å². The SMILES string of the molecule is Cc1cc(NS(=O)(=O)c2ccc(C(C)N)cc2)ncc1Br. The first-order valence-corrected chi connectivity index (χ1v) is 8.58.